The third kappa shape index (κ3) is 2.75. The summed E-state index contributed by atoms with van der Waals surface area (Å²) >= 11 is 0. The summed E-state index contributed by atoms with van der Waals surface area (Å²) in [6.45, 7) is 8.38. The van der Waals surface area contributed by atoms with Gasteiger partial charge in [0.05, 0.1) is 11.5 Å². The van der Waals surface area contributed by atoms with Crippen molar-refractivity contribution in [3.8, 4) is 0 Å². The van der Waals surface area contributed by atoms with E-state index in [9.17, 15) is 0 Å². The standard InChI is InChI=1S/C16H23N3O/c1-5-11(2)13(17)14-18-15(19-20-14)16(3,4)12-9-7-6-8-10-12/h6-11,13H,5,17H2,1-4H3. The normalized spacial score (nSPS) is 15.1. The first-order chi connectivity index (χ1) is 9.46. The summed E-state index contributed by atoms with van der Waals surface area (Å²) in [5.41, 5.74) is 7.01. The quantitative estimate of drug-likeness (QED) is 0.906. The van der Waals surface area contributed by atoms with Gasteiger partial charge >= 0.3 is 0 Å². The monoisotopic (exact) mass is 273 g/mol. The first-order valence-corrected chi connectivity index (χ1v) is 7.12. The number of nitrogens with zero attached hydrogens (tertiary/aromatic N) is 2. The molecule has 1 aromatic carbocycles. The highest BCUT2D eigenvalue weighted by atomic mass is 16.5. The van der Waals surface area contributed by atoms with Crippen LogP contribution < -0.4 is 5.73 Å². The Kier molecular flexibility index (Phi) is 4.23. The van der Waals surface area contributed by atoms with Gasteiger partial charge in [0.25, 0.3) is 0 Å². The van der Waals surface area contributed by atoms with E-state index in [1.54, 1.807) is 0 Å². The van der Waals surface area contributed by atoms with Gasteiger partial charge in [-0.25, -0.2) is 0 Å². The first-order valence-electron chi connectivity index (χ1n) is 7.12. The molecule has 2 N–H and O–H groups in total. The number of benzene rings is 1. The number of rotatable bonds is 5. The Balaban J connectivity index is 2.28. The zero-order chi connectivity index (χ0) is 14.8. The molecule has 2 aromatic rings. The van der Waals surface area contributed by atoms with Gasteiger partial charge in [0.2, 0.25) is 5.89 Å². The molecule has 2 unspecified atom stereocenters. The molecule has 2 rings (SSSR count). The minimum absolute atomic E-state index is 0.201. The van der Waals surface area contributed by atoms with Crippen molar-refractivity contribution in [1.29, 1.82) is 0 Å². The molecule has 0 saturated heterocycles. The van der Waals surface area contributed by atoms with E-state index in [-0.39, 0.29) is 11.5 Å². The molecule has 0 aliphatic rings. The van der Waals surface area contributed by atoms with E-state index < -0.39 is 0 Å². The van der Waals surface area contributed by atoms with Gasteiger partial charge < -0.3 is 10.3 Å². The number of hydrogen-bond acceptors (Lipinski definition) is 4. The molecule has 0 aliphatic carbocycles. The first kappa shape index (κ1) is 14.7. The molecular formula is C16H23N3O. The van der Waals surface area contributed by atoms with Crippen molar-refractivity contribution in [1.82, 2.24) is 10.1 Å². The van der Waals surface area contributed by atoms with Crippen LogP contribution in [0.2, 0.25) is 0 Å². The Bertz CT molecular complexity index is 548. The average Bonchev–Trinajstić information content (AvgIpc) is 2.97. The minimum Gasteiger partial charge on any atom is -0.338 e. The van der Waals surface area contributed by atoms with E-state index in [1.807, 2.05) is 18.2 Å². The van der Waals surface area contributed by atoms with Crippen molar-refractivity contribution in [2.75, 3.05) is 0 Å². The maximum atomic E-state index is 6.15. The predicted molar refractivity (Wildman–Crippen MR) is 79.3 cm³/mol. The fourth-order valence-electron chi connectivity index (χ4n) is 2.11. The zero-order valence-corrected chi connectivity index (χ0v) is 12.6. The largest absolute Gasteiger partial charge is 0.338 e. The SMILES string of the molecule is CCC(C)C(N)c1nc(C(C)(C)c2ccccc2)no1. The molecule has 1 heterocycles. The molecule has 4 heteroatoms. The van der Waals surface area contributed by atoms with Crippen LogP contribution in [0.5, 0.6) is 0 Å². The van der Waals surface area contributed by atoms with Gasteiger partial charge in [0.15, 0.2) is 5.82 Å². The van der Waals surface area contributed by atoms with E-state index in [0.717, 1.165) is 12.0 Å². The van der Waals surface area contributed by atoms with Crippen LogP contribution in [0.4, 0.5) is 0 Å². The summed E-state index contributed by atoms with van der Waals surface area (Å²) in [7, 11) is 0. The molecule has 108 valence electrons. The highest BCUT2D eigenvalue weighted by Crippen LogP contribution is 2.30. The third-order valence-electron chi connectivity index (χ3n) is 4.04. The second-order valence-electron chi connectivity index (χ2n) is 5.86. The molecule has 0 bridgehead atoms. The second-order valence-corrected chi connectivity index (χ2v) is 5.86. The Morgan fingerprint density at radius 1 is 1.25 bits per heavy atom. The molecule has 4 nitrogen and oxygen atoms in total. The topological polar surface area (TPSA) is 64.9 Å². The van der Waals surface area contributed by atoms with Crippen molar-refractivity contribution < 1.29 is 4.52 Å². The fraction of sp³-hybridized carbons (Fsp3) is 0.500. The average molecular weight is 273 g/mol. The van der Waals surface area contributed by atoms with Crippen molar-refractivity contribution in [2.24, 2.45) is 11.7 Å². The van der Waals surface area contributed by atoms with Crippen LogP contribution in [-0.2, 0) is 5.41 Å². The summed E-state index contributed by atoms with van der Waals surface area (Å²) in [6, 6.07) is 9.98. The molecule has 20 heavy (non-hydrogen) atoms. The van der Waals surface area contributed by atoms with E-state index >= 15 is 0 Å². The van der Waals surface area contributed by atoms with Crippen molar-refractivity contribution in [2.45, 2.75) is 45.6 Å². The second kappa shape index (κ2) is 5.75. The number of nitrogens with two attached hydrogens (primary N) is 1. The van der Waals surface area contributed by atoms with Crippen LogP contribution in [0.15, 0.2) is 34.9 Å². The Morgan fingerprint density at radius 3 is 2.50 bits per heavy atom. The van der Waals surface area contributed by atoms with E-state index in [0.29, 0.717) is 17.6 Å². The molecule has 0 radical (unpaired) electrons. The molecular weight excluding hydrogens is 250 g/mol. The van der Waals surface area contributed by atoms with Gasteiger partial charge in [-0.15, -0.1) is 0 Å². The van der Waals surface area contributed by atoms with Gasteiger partial charge in [-0.2, -0.15) is 4.98 Å². The summed E-state index contributed by atoms with van der Waals surface area (Å²) in [5, 5.41) is 4.14. The number of hydrogen-bond donors (Lipinski definition) is 1. The molecule has 0 aliphatic heterocycles. The molecule has 0 saturated carbocycles. The van der Waals surface area contributed by atoms with Crippen molar-refractivity contribution in [3.05, 3.63) is 47.6 Å². The third-order valence-corrected chi connectivity index (χ3v) is 4.04. The van der Waals surface area contributed by atoms with Gasteiger partial charge in [0, 0.05) is 0 Å². The van der Waals surface area contributed by atoms with Gasteiger partial charge in [-0.3, -0.25) is 0 Å². The molecule has 0 fully saturated rings. The molecule has 2 atom stereocenters. The van der Waals surface area contributed by atoms with Gasteiger partial charge in [-0.1, -0.05) is 55.8 Å². The number of aromatic nitrogens is 2. The molecule has 0 amide bonds. The maximum absolute atomic E-state index is 6.15. The zero-order valence-electron chi connectivity index (χ0n) is 12.6. The smallest absolute Gasteiger partial charge is 0.243 e. The predicted octanol–water partition coefficient (Wildman–Crippen LogP) is 3.44. The lowest BCUT2D eigenvalue weighted by molar-refractivity contribution is 0.308. The lowest BCUT2D eigenvalue weighted by atomic mass is 9.84. The van der Waals surface area contributed by atoms with E-state index in [1.165, 1.54) is 0 Å². The summed E-state index contributed by atoms with van der Waals surface area (Å²) in [5.74, 6) is 1.53. The lowest BCUT2D eigenvalue weighted by Crippen LogP contribution is -2.22. The summed E-state index contributed by atoms with van der Waals surface area (Å²) in [6.07, 6.45) is 0.987. The van der Waals surface area contributed by atoms with Crippen LogP contribution in [0, 0.1) is 5.92 Å². The van der Waals surface area contributed by atoms with Gasteiger partial charge in [0.1, 0.15) is 0 Å². The van der Waals surface area contributed by atoms with Gasteiger partial charge in [-0.05, 0) is 25.3 Å². The summed E-state index contributed by atoms with van der Waals surface area (Å²) < 4.78 is 5.37. The highest BCUT2D eigenvalue weighted by molar-refractivity contribution is 5.30. The Hall–Kier alpha value is -1.68. The maximum Gasteiger partial charge on any atom is 0.243 e. The minimum atomic E-state index is -0.293. The van der Waals surface area contributed by atoms with Crippen LogP contribution in [0.3, 0.4) is 0 Å². The van der Waals surface area contributed by atoms with Crippen LogP contribution in [0.1, 0.15) is 57.4 Å². The molecule has 0 spiro atoms. The van der Waals surface area contributed by atoms with Crippen molar-refractivity contribution in [3.63, 3.8) is 0 Å². The van der Waals surface area contributed by atoms with Crippen LogP contribution in [-0.4, -0.2) is 10.1 Å². The van der Waals surface area contributed by atoms with Crippen LogP contribution >= 0.6 is 0 Å². The Morgan fingerprint density at radius 2 is 1.90 bits per heavy atom. The summed E-state index contributed by atoms with van der Waals surface area (Å²) in [4.78, 5) is 4.52. The Labute approximate surface area is 120 Å². The van der Waals surface area contributed by atoms with Crippen molar-refractivity contribution >= 4 is 0 Å². The molecule has 1 aromatic heterocycles. The van der Waals surface area contributed by atoms with E-state index in [4.69, 9.17) is 10.3 Å². The fourth-order valence-corrected chi connectivity index (χ4v) is 2.11. The highest BCUT2D eigenvalue weighted by Gasteiger charge is 2.30. The van der Waals surface area contributed by atoms with E-state index in [2.05, 4.69) is 50.0 Å². The van der Waals surface area contributed by atoms with Crippen LogP contribution in [0.25, 0.3) is 0 Å². The lowest BCUT2D eigenvalue weighted by Gasteiger charge is -2.20.